The number of morpholine rings is 1. The number of anilines is 1. The maximum Gasteiger partial charge on any atom is 0.275 e. The van der Waals surface area contributed by atoms with E-state index >= 15 is 0 Å². The summed E-state index contributed by atoms with van der Waals surface area (Å²) in [6, 6.07) is 4.76. The second-order valence-electron chi connectivity index (χ2n) is 5.29. The van der Waals surface area contributed by atoms with Gasteiger partial charge in [-0.1, -0.05) is 0 Å². The van der Waals surface area contributed by atoms with E-state index in [4.69, 9.17) is 13.6 Å². The molecular weight excluding hydrogens is 336 g/mol. The van der Waals surface area contributed by atoms with Crippen molar-refractivity contribution in [2.75, 3.05) is 45.3 Å². The van der Waals surface area contributed by atoms with Gasteiger partial charge in [0.05, 0.1) is 13.2 Å². The molecule has 0 unspecified atom stereocenters. The van der Waals surface area contributed by atoms with Crippen molar-refractivity contribution in [2.45, 2.75) is 5.09 Å². The van der Waals surface area contributed by atoms with Crippen LogP contribution in [0.25, 0.3) is 11.7 Å². The molecule has 10 heteroatoms. The van der Waals surface area contributed by atoms with Crippen LogP contribution in [-0.4, -0.2) is 58.1 Å². The number of hydrogen-bond donors (Lipinski definition) is 0. The monoisotopic (exact) mass is 352 g/mol. The predicted molar refractivity (Wildman–Crippen MR) is 82.8 cm³/mol. The molecule has 0 N–H and O–H groups in total. The van der Waals surface area contributed by atoms with Gasteiger partial charge in [-0.25, -0.2) is 12.7 Å². The summed E-state index contributed by atoms with van der Waals surface area (Å²) in [5.74, 6) is 0.545. The maximum absolute atomic E-state index is 12.1. The van der Waals surface area contributed by atoms with Gasteiger partial charge in [-0.05, 0) is 12.1 Å². The van der Waals surface area contributed by atoms with Crippen LogP contribution in [0, 0.1) is 11.3 Å². The van der Waals surface area contributed by atoms with Crippen molar-refractivity contribution >= 4 is 15.9 Å². The fourth-order valence-electron chi connectivity index (χ4n) is 2.22. The lowest BCUT2D eigenvalue weighted by molar-refractivity contribution is 0.120. The fourth-order valence-corrected chi connectivity index (χ4v) is 3.02. The number of rotatable bonds is 4. The first-order chi connectivity index (χ1) is 11.4. The van der Waals surface area contributed by atoms with Crippen LogP contribution in [-0.2, 0) is 14.8 Å². The highest BCUT2D eigenvalue weighted by atomic mass is 32.2. The van der Waals surface area contributed by atoms with Gasteiger partial charge in [-0.3, -0.25) is 0 Å². The van der Waals surface area contributed by atoms with Gasteiger partial charge in [-0.15, -0.1) is 0 Å². The molecule has 128 valence electrons. The Kier molecular flexibility index (Phi) is 4.31. The molecule has 0 bridgehead atoms. The SMILES string of the molecule is CN(C)S(=O)(=O)c1ccc(-c2nc(C#N)c(N3CCOCC3)o2)o1. The number of hydrogen-bond acceptors (Lipinski definition) is 8. The molecule has 3 heterocycles. The molecule has 0 saturated carbocycles. The Hall–Kier alpha value is -2.35. The second-order valence-corrected chi connectivity index (χ2v) is 7.37. The van der Waals surface area contributed by atoms with Crippen molar-refractivity contribution in [3.63, 3.8) is 0 Å². The Balaban J connectivity index is 1.95. The van der Waals surface area contributed by atoms with Crippen LogP contribution in [0.5, 0.6) is 0 Å². The Morgan fingerprint density at radius 2 is 1.96 bits per heavy atom. The van der Waals surface area contributed by atoms with Crippen LogP contribution >= 0.6 is 0 Å². The quantitative estimate of drug-likeness (QED) is 0.797. The normalized spacial score (nSPS) is 15.7. The van der Waals surface area contributed by atoms with E-state index in [-0.39, 0.29) is 22.4 Å². The zero-order chi connectivity index (χ0) is 17.3. The molecule has 0 radical (unpaired) electrons. The van der Waals surface area contributed by atoms with Crippen LogP contribution in [0.1, 0.15) is 5.69 Å². The minimum atomic E-state index is -3.69. The number of ether oxygens (including phenoxy) is 1. The molecule has 1 aliphatic heterocycles. The van der Waals surface area contributed by atoms with Crippen molar-refractivity contribution in [1.82, 2.24) is 9.29 Å². The van der Waals surface area contributed by atoms with Gasteiger partial charge in [0, 0.05) is 27.2 Å². The molecule has 2 aromatic heterocycles. The summed E-state index contributed by atoms with van der Waals surface area (Å²) in [5.41, 5.74) is 0.125. The van der Waals surface area contributed by atoms with Crippen LogP contribution in [0.2, 0.25) is 0 Å². The van der Waals surface area contributed by atoms with E-state index in [0.29, 0.717) is 32.2 Å². The Labute approximate surface area is 139 Å². The first-order valence-electron chi connectivity index (χ1n) is 7.20. The van der Waals surface area contributed by atoms with Crippen LogP contribution in [0.15, 0.2) is 26.1 Å². The van der Waals surface area contributed by atoms with E-state index in [0.717, 1.165) is 4.31 Å². The third kappa shape index (κ3) is 2.89. The Morgan fingerprint density at radius 3 is 2.58 bits per heavy atom. The molecule has 3 rings (SSSR count). The molecule has 0 spiro atoms. The number of nitriles is 1. The van der Waals surface area contributed by atoms with Gasteiger partial charge in [0.25, 0.3) is 15.9 Å². The summed E-state index contributed by atoms with van der Waals surface area (Å²) in [7, 11) is -0.869. The van der Waals surface area contributed by atoms with E-state index in [1.807, 2.05) is 11.0 Å². The third-order valence-corrected chi connectivity index (χ3v) is 5.23. The van der Waals surface area contributed by atoms with Crippen LogP contribution in [0.3, 0.4) is 0 Å². The highest BCUT2D eigenvalue weighted by molar-refractivity contribution is 7.88. The minimum absolute atomic E-state index is 0.0632. The number of oxazole rings is 1. The molecule has 1 fully saturated rings. The Morgan fingerprint density at radius 1 is 1.25 bits per heavy atom. The second kappa shape index (κ2) is 6.27. The molecule has 2 aromatic rings. The molecular formula is C14H16N4O5S. The van der Waals surface area contributed by atoms with E-state index in [1.165, 1.54) is 26.2 Å². The van der Waals surface area contributed by atoms with Gasteiger partial charge >= 0.3 is 0 Å². The standard InChI is InChI=1S/C14H16N4O5S/c1-17(2)24(19,20)12-4-3-11(22-12)13-16-10(9-15)14(23-13)18-5-7-21-8-6-18/h3-4H,5-8H2,1-2H3. The maximum atomic E-state index is 12.1. The molecule has 24 heavy (non-hydrogen) atoms. The Bertz CT molecular complexity index is 871. The van der Waals surface area contributed by atoms with Gasteiger partial charge in [0.15, 0.2) is 5.76 Å². The molecule has 0 atom stereocenters. The smallest absolute Gasteiger partial charge is 0.275 e. The summed E-state index contributed by atoms with van der Waals surface area (Å²) in [6.45, 7) is 2.24. The van der Waals surface area contributed by atoms with Gasteiger partial charge in [0.2, 0.25) is 16.7 Å². The molecule has 0 amide bonds. The predicted octanol–water partition coefficient (Wildman–Crippen LogP) is 0.893. The summed E-state index contributed by atoms with van der Waals surface area (Å²) in [6.07, 6.45) is 0. The summed E-state index contributed by atoms with van der Waals surface area (Å²) < 4.78 is 41.4. The molecule has 9 nitrogen and oxygen atoms in total. The largest absolute Gasteiger partial charge is 0.438 e. The van der Waals surface area contributed by atoms with E-state index in [1.54, 1.807) is 0 Å². The number of sulfonamides is 1. The average molecular weight is 352 g/mol. The molecule has 0 aromatic carbocycles. The first-order valence-corrected chi connectivity index (χ1v) is 8.64. The molecule has 1 aliphatic rings. The summed E-state index contributed by atoms with van der Waals surface area (Å²) >= 11 is 0. The lowest BCUT2D eigenvalue weighted by Gasteiger charge is -2.25. The summed E-state index contributed by atoms with van der Waals surface area (Å²) in [5, 5.41) is 9.04. The number of aromatic nitrogens is 1. The van der Waals surface area contributed by atoms with Crippen molar-refractivity contribution in [2.24, 2.45) is 0 Å². The fraction of sp³-hybridized carbons (Fsp3) is 0.429. The van der Waals surface area contributed by atoms with Gasteiger partial charge in [-0.2, -0.15) is 10.2 Å². The lowest BCUT2D eigenvalue weighted by Crippen LogP contribution is -2.36. The van der Waals surface area contributed by atoms with Crippen molar-refractivity contribution in [1.29, 1.82) is 5.26 Å². The number of nitrogens with zero attached hydrogens (tertiary/aromatic N) is 4. The summed E-state index contributed by atoms with van der Waals surface area (Å²) in [4.78, 5) is 5.96. The van der Waals surface area contributed by atoms with Crippen LogP contribution in [0.4, 0.5) is 5.88 Å². The van der Waals surface area contributed by atoms with E-state index in [2.05, 4.69) is 4.98 Å². The van der Waals surface area contributed by atoms with Crippen LogP contribution < -0.4 is 4.90 Å². The lowest BCUT2D eigenvalue weighted by atomic mass is 10.4. The number of furan rings is 1. The first kappa shape index (κ1) is 16.5. The van der Waals surface area contributed by atoms with Gasteiger partial charge in [0.1, 0.15) is 6.07 Å². The average Bonchev–Trinajstić information content (AvgIpc) is 3.22. The van der Waals surface area contributed by atoms with E-state index in [9.17, 15) is 13.7 Å². The third-order valence-electron chi connectivity index (χ3n) is 3.54. The molecule has 1 saturated heterocycles. The minimum Gasteiger partial charge on any atom is -0.438 e. The molecule has 0 aliphatic carbocycles. The van der Waals surface area contributed by atoms with Crippen molar-refractivity contribution in [3.05, 3.63) is 17.8 Å². The van der Waals surface area contributed by atoms with Crippen molar-refractivity contribution < 1.29 is 22.0 Å². The topological polar surface area (TPSA) is 113 Å². The zero-order valence-electron chi connectivity index (χ0n) is 13.2. The highest BCUT2D eigenvalue weighted by Gasteiger charge is 2.26. The highest BCUT2D eigenvalue weighted by Crippen LogP contribution is 2.31. The van der Waals surface area contributed by atoms with Crippen molar-refractivity contribution in [3.8, 4) is 17.7 Å². The van der Waals surface area contributed by atoms with Gasteiger partial charge < -0.3 is 18.5 Å². The zero-order valence-corrected chi connectivity index (χ0v) is 14.0. The van der Waals surface area contributed by atoms with E-state index < -0.39 is 10.0 Å².